The van der Waals surface area contributed by atoms with Gasteiger partial charge in [0, 0.05) is 22.0 Å². The van der Waals surface area contributed by atoms with Crippen LogP contribution in [0, 0.1) is 6.92 Å². The quantitative estimate of drug-likeness (QED) is 0.555. The maximum atomic E-state index is 4.90. The first kappa shape index (κ1) is 14.0. The third kappa shape index (κ3) is 2.50. The Labute approximate surface area is 136 Å². The van der Waals surface area contributed by atoms with Crippen molar-refractivity contribution in [1.82, 2.24) is 9.97 Å². The molecule has 0 radical (unpaired) electrons. The summed E-state index contributed by atoms with van der Waals surface area (Å²) < 4.78 is 0. The van der Waals surface area contributed by atoms with Crippen molar-refractivity contribution in [1.29, 1.82) is 0 Å². The summed E-state index contributed by atoms with van der Waals surface area (Å²) >= 11 is 0. The average molecular weight is 300 g/mol. The zero-order valence-corrected chi connectivity index (χ0v) is 13.6. The zero-order valence-electron chi connectivity index (χ0n) is 13.6. The molecule has 0 spiro atoms. The van der Waals surface area contributed by atoms with Crippen LogP contribution >= 0.6 is 0 Å². The normalized spacial score (nSPS) is 11.4. The fraction of sp³-hybridized carbons (Fsp3) is 0.190. The van der Waals surface area contributed by atoms with Crippen molar-refractivity contribution in [3.8, 4) is 0 Å². The number of aryl methyl sites for hydroxylation is 2. The van der Waals surface area contributed by atoms with Gasteiger partial charge in [0.25, 0.3) is 0 Å². The van der Waals surface area contributed by atoms with Crippen molar-refractivity contribution >= 4 is 21.9 Å². The van der Waals surface area contributed by atoms with Gasteiger partial charge in [0.1, 0.15) is 5.65 Å². The summed E-state index contributed by atoms with van der Waals surface area (Å²) in [5.74, 6) is 0. The van der Waals surface area contributed by atoms with E-state index >= 15 is 0 Å². The van der Waals surface area contributed by atoms with E-state index in [1.165, 1.54) is 38.7 Å². The number of rotatable bonds is 3. The Balaban J connectivity index is 1.90. The molecular weight excluding hydrogens is 280 g/mol. The average Bonchev–Trinajstić information content (AvgIpc) is 2.91. The van der Waals surface area contributed by atoms with Gasteiger partial charge in [0.2, 0.25) is 0 Å². The van der Waals surface area contributed by atoms with Crippen LogP contribution in [0.3, 0.4) is 0 Å². The molecule has 0 saturated carbocycles. The number of fused-ring (bicyclic) bond motifs is 3. The minimum atomic E-state index is 0.936. The predicted molar refractivity (Wildman–Crippen MR) is 97.0 cm³/mol. The molecule has 4 aromatic rings. The lowest BCUT2D eigenvalue weighted by Gasteiger charge is -2.08. The number of hydrogen-bond donors (Lipinski definition) is 1. The number of hydrogen-bond acceptors (Lipinski definition) is 1. The first-order chi connectivity index (χ1) is 11.2. The van der Waals surface area contributed by atoms with Gasteiger partial charge in [-0.3, -0.25) is 0 Å². The Morgan fingerprint density at radius 2 is 1.78 bits per heavy atom. The molecule has 114 valence electrons. The lowest BCUT2D eigenvalue weighted by molar-refractivity contribution is 0.993. The smallest absolute Gasteiger partial charge is 0.138 e. The highest BCUT2D eigenvalue weighted by atomic mass is 14.9. The molecule has 0 atom stereocenters. The number of benzene rings is 2. The highest BCUT2D eigenvalue weighted by Gasteiger charge is 2.11. The molecule has 0 unspecified atom stereocenters. The van der Waals surface area contributed by atoms with Crippen LogP contribution in [0.15, 0.2) is 54.6 Å². The van der Waals surface area contributed by atoms with Crippen LogP contribution < -0.4 is 0 Å². The van der Waals surface area contributed by atoms with Crippen molar-refractivity contribution < 1.29 is 0 Å². The Morgan fingerprint density at radius 1 is 0.957 bits per heavy atom. The minimum absolute atomic E-state index is 0.936. The molecule has 23 heavy (non-hydrogen) atoms. The fourth-order valence-electron chi connectivity index (χ4n) is 3.29. The molecule has 0 aliphatic rings. The van der Waals surface area contributed by atoms with Crippen LogP contribution in [0.4, 0.5) is 0 Å². The van der Waals surface area contributed by atoms with Gasteiger partial charge in [-0.05, 0) is 48.6 Å². The third-order valence-corrected chi connectivity index (χ3v) is 4.48. The first-order valence-corrected chi connectivity index (χ1v) is 8.19. The molecule has 0 saturated heterocycles. The number of aromatic amines is 1. The van der Waals surface area contributed by atoms with E-state index in [2.05, 4.69) is 73.4 Å². The summed E-state index contributed by atoms with van der Waals surface area (Å²) in [6, 6.07) is 19.5. The number of nitrogens with zero attached hydrogens (tertiary/aromatic N) is 1. The summed E-state index contributed by atoms with van der Waals surface area (Å²) in [6.07, 6.45) is 1.89. The van der Waals surface area contributed by atoms with Crippen LogP contribution in [-0.4, -0.2) is 9.97 Å². The van der Waals surface area contributed by atoms with Gasteiger partial charge in [0.05, 0.1) is 0 Å². The van der Waals surface area contributed by atoms with Gasteiger partial charge in [-0.15, -0.1) is 0 Å². The van der Waals surface area contributed by atoms with Gasteiger partial charge in [-0.2, -0.15) is 0 Å². The molecule has 0 aliphatic carbocycles. The highest BCUT2D eigenvalue weighted by Crippen LogP contribution is 2.28. The van der Waals surface area contributed by atoms with E-state index in [-0.39, 0.29) is 0 Å². The van der Waals surface area contributed by atoms with Crippen LogP contribution in [0.1, 0.15) is 29.3 Å². The number of aromatic nitrogens is 2. The SMILES string of the molecule is CCc1nc2[nH]c3cc(C)ccc3c2cc1Cc1ccccc1. The third-order valence-electron chi connectivity index (χ3n) is 4.48. The Bertz CT molecular complexity index is 981. The van der Waals surface area contributed by atoms with Gasteiger partial charge < -0.3 is 4.98 Å². The van der Waals surface area contributed by atoms with Gasteiger partial charge >= 0.3 is 0 Å². The Hall–Kier alpha value is -2.61. The Morgan fingerprint density at radius 3 is 2.57 bits per heavy atom. The second kappa shape index (κ2) is 5.54. The van der Waals surface area contributed by atoms with E-state index in [4.69, 9.17) is 4.98 Å². The van der Waals surface area contributed by atoms with Crippen LogP contribution in [0.2, 0.25) is 0 Å². The topological polar surface area (TPSA) is 28.7 Å². The lowest BCUT2D eigenvalue weighted by Crippen LogP contribution is -1.98. The maximum Gasteiger partial charge on any atom is 0.138 e. The monoisotopic (exact) mass is 300 g/mol. The van der Waals surface area contributed by atoms with Crippen LogP contribution in [0.25, 0.3) is 21.9 Å². The standard InChI is InChI=1S/C21H20N2/c1-3-19-16(12-15-7-5-4-6-8-15)13-18-17-10-9-14(2)11-20(17)23-21(18)22-19/h4-11,13H,3,12H2,1-2H3,(H,22,23). The number of pyridine rings is 1. The molecule has 4 rings (SSSR count). The molecule has 2 nitrogen and oxygen atoms in total. The van der Waals surface area contributed by atoms with Gasteiger partial charge in [-0.25, -0.2) is 4.98 Å². The summed E-state index contributed by atoms with van der Waals surface area (Å²) in [5, 5.41) is 2.48. The van der Waals surface area contributed by atoms with Gasteiger partial charge in [-0.1, -0.05) is 49.4 Å². The Kier molecular flexibility index (Phi) is 3.38. The second-order valence-corrected chi connectivity index (χ2v) is 6.18. The summed E-state index contributed by atoms with van der Waals surface area (Å²) in [4.78, 5) is 8.37. The van der Waals surface area contributed by atoms with Crippen molar-refractivity contribution in [2.75, 3.05) is 0 Å². The van der Waals surface area contributed by atoms with Crippen LogP contribution in [-0.2, 0) is 12.8 Å². The molecular formula is C21H20N2. The number of nitrogens with one attached hydrogen (secondary N) is 1. The van der Waals surface area contributed by atoms with Crippen molar-refractivity contribution in [3.05, 3.63) is 77.0 Å². The maximum absolute atomic E-state index is 4.90. The molecule has 0 amide bonds. The van der Waals surface area contributed by atoms with E-state index < -0.39 is 0 Å². The molecule has 2 heterocycles. The van der Waals surface area contributed by atoms with E-state index in [1.54, 1.807) is 0 Å². The zero-order chi connectivity index (χ0) is 15.8. The van der Waals surface area contributed by atoms with Crippen molar-refractivity contribution in [3.63, 3.8) is 0 Å². The fourth-order valence-corrected chi connectivity index (χ4v) is 3.29. The molecule has 0 aliphatic heterocycles. The van der Waals surface area contributed by atoms with E-state index in [9.17, 15) is 0 Å². The molecule has 2 aromatic heterocycles. The minimum Gasteiger partial charge on any atom is -0.339 e. The van der Waals surface area contributed by atoms with E-state index in [0.29, 0.717) is 0 Å². The summed E-state index contributed by atoms with van der Waals surface area (Å²) in [6.45, 7) is 4.30. The molecule has 1 N–H and O–H groups in total. The summed E-state index contributed by atoms with van der Waals surface area (Å²) in [7, 11) is 0. The predicted octanol–water partition coefficient (Wildman–Crippen LogP) is 5.18. The largest absolute Gasteiger partial charge is 0.339 e. The summed E-state index contributed by atoms with van der Waals surface area (Å²) in [5.41, 5.74) is 7.28. The van der Waals surface area contributed by atoms with Crippen molar-refractivity contribution in [2.45, 2.75) is 26.7 Å². The molecule has 0 fully saturated rings. The lowest BCUT2D eigenvalue weighted by atomic mass is 10.0. The van der Waals surface area contributed by atoms with Crippen LogP contribution in [0.5, 0.6) is 0 Å². The van der Waals surface area contributed by atoms with E-state index in [0.717, 1.165) is 18.5 Å². The van der Waals surface area contributed by atoms with Gasteiger partial charge in [0.15, 0.2) is 0 Å². The molecule has 0 bridgehead atoms. The molecule has 2 heteroatoms. The number of H-pyrrole nitrogens is 1. The first-order valence-electron chi connectivity index (χ1n) is 8.19. The van der Waals surface area contributed by atoms with Crippen molar-refractivity contribution in [2.24, 2.45) is 0 Å². The molecule has 2 aromatic carbocycles. The highest BCUT2D eigenvalue weighted by molar-refractivity contribution is 6.06. The van der Waals surface area contributed by atoms with E-state index in [1.807, 2.05) is 0 Å². The second-order valence-electron chi connectivity index (χ2n) is 6.18.